The summed E-state index contributed by atoms with van der Waals surface area (Å²) in [5, 5.41) is 3.76. The van der Waals surface area contributed by atoms with Crippen LogP contribution >= 0.6 is 35.1 Å². The second-order valence-electron chi connectivity index (χ2n) is 8.83. The highest BCUT2D eigenvalue weighted by Gasteiger charge is 2.22. The van der Waals surface area contributed by atoms with Crippen molar-refractivity contribution in [3.05, 3.63) is 82.1 Å². The van der Waals surface area contributed by atoms with Crippen LogP contribution in [0.5, 0.6) is 0 Å². The molecule has 2 aromatic carbocycles. The number of hydrogen-bond donors (Lipinski definition) is 2. The van der Waals surface area contributed by atoms with Crippen LogP contribution < -0.4 is 15.8 Å². The van der Waals surface area contributed by atoms with E-state index in [0.717, 1.165) is 46.3 Å². The van der Waals surface area contributed by atoms with Gasteiger partial charge < -0.3 is 19.9 Å². The van der Waals surface area contributed by atoms with E-state index in [1.54, 1.807) is 35.8 Å². The van der Waals surface area contributed by atoms with Crippen LogP contribution in [0.25, 0.3) is 11.3 Å². The summed E-state index contributed by atoms with van der Waals surface area (Å²) in [6.07, 6.45) is 1.67. The summed E-state index contributed by atoms with van der Waals surface area (Å²) in [4.78, 5) is 30.8. The molecule has 0 spiro atoms. The molecule has 1 atom stereocenters. The van der Waals surface area contributed by atoms with Gasteiger partial charge in [0.05, 0.1) is 30.6 Å². The molecule has 6 rings (SSSR count). The number of fused-ring (bicyclic) bond motifs is 2. The third kappa shape index (κ3) is 5.22. The summed E-state index contributed by atoms with van der Waals surface area (Å²) < 4.78 is 5.48. The average Bonchev–Trinajstić information content (AvgIpc) is 2.91. The summed E-state index contributed by atoms with van der Waals surface area (Å²) in [5.74, 6) is 0. The highest BCUT2D eigenvalue weighted by molar-refractivity contribution is 8.05. The van der Waals surface area contributed by atoms with E-state index in [2.05, 4.69) is 67.6 Å². The van der Waals surface area contributed by atoms with Gasteiger partial charge in [-0.2, -0.15) is 0 Å². The summed E-state index contributed by atoms with van der Waals surface area (Å²) in [7, 11) is 0. The van der Waals surface area contributed by atoms with Crippen molar-refractivity contribution in [3.8, 4) is 11.3 Å². The Balaban J connectivity index is 1.27. The van der Waals surface area contributed by atoms with Crippen LogP contribution in [0.3, 0.4) is 0 Å². The molecule has 1 unspecified atom stereocenters. The van der Waals surface area contributed by atoms with Crippen LogP contribution in [0, 0.1) is 0 Å². The minimum absolute atomic E-state index is 0.0192. The lowest BCUT2D eigenvalue weighted by Crippen LogP contribution is -2.36. The van der Waals surface area contributed by atoms with Gasteiger partial charge in [0.2, 0.25) is 10.8 Å². The lowest BCUT2D eigenvalue weighted by molar-refractivity contribution is 0.122. The van der Waals surface area contributed by atoms with Crippen molar-refractivity contribution >= 4 is 46.5 Å². The first kappa shape index (κ1) is 24.4. The average molecular weight is 550 g/mol. The maximum absolute atomic E-state index is 12.6. The summed E-state index contributed by atoms with van der Waals surface area (Å²) in [6, 6.07) is 18.3. The second kappa shape index (κ2) is 10.4. The fourth-order valence-electron chi connectivity index (χ4n) is 4.49. The third-order valence-corrected chi connectivity index (χ3v) is 9.10. The Morgan fingerprint density at radius 1 is 1.05 bits per heavy atom. The number of H-pyrrole nitrogens is 1. The van der Waals surface area contributed by atoms with Gasteiger partial charge in [-0.25, -0.2) is 9.97 Å². The molecule has 1 fully saturated rings. The molecular weight excluding hydrogens is 526 g/mol. The van der Waals surface area contributed by atoms with Crippen LogP contribution in [0.2, 0.25) is 5.28 Å². The number of aromatic nitrogens is 3. The van der Waals surface area contributed by atoms with E-state index in [1.807, 2.05) is 13.0 Å². The Bertz CT molecular complexity index is 1520. The Morgan fingerprint density at radius 3 is 2.76 bits per heavy atom. The molecule has 2 aliphatic heterocycles. The van der Waals surface area contributed by atoms with E-state index in [-0.39, 0.29) is 16.9 Å². The topological polar surface area (TPSA) is 83.1 Å². The summed E-state index contributed by atoms with van der Waals surface area (Å²) in [5.41, 5.74) is 4.55. The van der Waals surface area contributed by atoms with E-state index in [4.69, 9.17) is 16.3 Å². The number of nitrogens with zero attached hydrogens (tertiary/aromatic N) is 3. The predicted octanol–water partition coefficient (Wildman–Crippen LogP) is 6.11. The minimum Gasteiger partial charge on any atom is -0.378 e. The SMILES string of the molecule is CC(Nc1ccc2c(c1)Sc1cccc(-c3cc(N4CCOCC4)cc(=O)[nH]3)c1S2)c1ccnc(Cl)n1. The second-order valence-corrected chi connectivity index (χ2v) is 11.3. The molecule has 2 aliphatic rings. The number of halogens is 1. The zero-order valence-electron chi connectivity index (χ0n) is 20.0. The number of aromatic amines is 1. The smallest absolute Gasteiger partial charge is 0.250 e. The van der Waals surface area contributed by atoms with Gasteiger partial charge in [-0.15, -0.1) is 0 Å². The Kier molecular flexibility index (Phi) is 6.86. The summed E-state index contributed by atoms with van der Waals surface area (Å²) in [6.45, 7) is 4.97. The highest BCUT2D eigenvalue weighted by atomic mass is 35.5. The first-order valence-electron chi connectivity index (χ1n) is 12.0. The Labute approximate surface area is 228 Å². The van der Waals surface area contributed by atoms with E-state index < -0.39 is 0 Å². The molecule has 0 saturated carbocycles. The molecule has 1 saturated heterocycles. The number of benzene rings is 2. The van der Waals surface area contributed by atoms with Crippen molar-refractivity contribution in [1.82, 2.24) is 15.0 Å². The van der Waals surface area contributed by atoms with E-state index in [1.165, 1.54) is 14.7 Å². The Hall–Kier alpha value is -2.98. The van der Waals surface area contributed by atoms with Gasteiger partial charge >= 0.3 is 0 Å². The van der Waals surface area contributed by atoms with Gasteiger partial charge in [-0.1, -0.05) is 35.7 Å². The number of hydrogen-bond acceptors (Lipinski definition) is 8. The molecule has 188 valence electrons. The van der Waals surface area contributed by atoms with Crippen molar-refractivity contribution in [2.45, 2.75) is 32.5 Å². The molecule has 0 aliphatic carbocycles. The van der Waals surface area contributed by atoms with Gasteiger partial charge in [-0.05, 0) is 54.9 Å². The van der Waals surface area contributed by atoms with Gasteiger partial charge in [0.15, 0.2) is 0 Å². The lowest BCUT2D eigenvalue weighted by Gasteiger charge is -2.29. The molecule has 2 aromatic heterocycles. The highest BCUT2D eigenvalue weighted by Crippen LogP contribution is 2.52. The van der Waals surface area contributed by atoms with Crippen LogP contribution in [0.15, 0.2) is 85.2 Å². The Morgan fingerprint density at radius 2 is 1.92 bits per heavy atom. The number of nitrogens with one attached hydrogen (secondary N) is 2. The van der Waals surface area contributed by atoms with Crippen molar-refractivity contribution in [1.29, 1.82) is 0 Å². The number of anilines is 2. The van der Waals surface area contributed by atoms with Crippen LogP contribution in [-0.2, 0) is 4.74 Å². The van der Waals surface area contributed by atoms with Gasteiger partial charge in [0, 0.05) is 61.9 Å². The normalized spacial score (nSPS) is 15.6. The van der Waals surface area contributed by atoms with Crippen molar-refractivity contribution in [3.63, 3.8) is 0 Å². The number of morpholine rings is 1. The largest absolute Gasteiger partial charge is 0.378 e. The maximum Gasteiger partial charge on any atom is 0.250 e. The predicted molar refractivity (Wildman–Crippen MR) is 149 cm³/mol. The van der Waals surface area contributed by atoms with Gasteiger partial charge in [-0.3, -0.25) is 4.79 Å². The van der Waals surface area contributed by atoms with E-state index in [0.29, 0.717) is 13.2 Å². The van der Waals surface area contributed by atoms with Crippen LogP contribution in [0.1, 0.15) is 18.7 Å². The lowest BCUT2D eigenvalue weighted by atomic mass is 10.1. The van der Waals surface area contributed by atoms with E-state index in [9.17, 15) is 4.79 Å². The van der Waals surface area contributed by atoms with Crippen LogP contribution in [-0.4, -0.2) is 41.3 Å². The standard InChI is InChI=1S/C27H24ClN5O2S2/c1-16(20-7-8-29-27(28)32-20)30-17-5-6-22-24(13-17)36-23-4-2-3-19(26(23)37-22)21-14-18(15-25(34)31-21)33-9-11-35-12-10-33/h2-8,13-16,30H,9-12H2,1H3,(H,31,34). The zero-order valence-corrected chi connectivity index (χ0v) is 22.4. The quantitative estimate of drug-likeness (QED) is 0.254. The molecule has 37 heavy (non-hydrogen) atoms. The van der Waals surface area contributed by atoms with Crippen molar-refractivity contribution in [2.24, 2.45) is 0 Å². The van der Waals surface area contributed by atoms with Gasteiger partial charge in [0.25, 0.3) is 0 Å². The minimum atomic E-state index is -0.0970. The van der Waals surface area contributed by atoms with E-state index >= 15 is 0 Å². The molecule has 0 amide bonds. The molecule has 10 heteroatoms. The van der Waals surface area contributed by atoms with Crippen molar-refractivity contribution < 1.29 is 4.74 Å². The monoisotopic (exact) mass is 549 g/mol. The molecule has 0 radical (unpaired) electrons. The molecule has 0 bridgehead atoms. The first-order valence-corrected chi connectivity index (χ1v) is 14.0. The number of ether oxygens (including phenoxy) is 1. The fraction of sp³-hybridized carbons (Fsp3) is 0.222. The molecule has 4 heterocycles. The van der Waals surface area contributed by atoms with Crippen LogP contribution in [0.4, 0.5) is 11.4 Å². The molecular formula is C27H24ClN5O2S2. The molecule has 2 N–H and O–H groups in total. The fourth-order valence-corrected chi connectivity index (χ4v) is 7.06. The third-order valence-electron chi connectivity index (χ3n) is 6.32. The van der Waals surface area contributed by atoms with Gasteiger partial charge in [0.1, 0.15) is 0 Å². The first-order chi connectivity index (χ1) is 18.0. The summed E-state index contributed by atoms with van der Waals surface area (Å²) >= 11 is 9.44. The molecule has 7 nitrogen and oxygen atoms in total. The zero-order chi connectivity index (χ0) is 25.4. The number of rotatable bonds is 5. The maximum atomic E-state index is 12.6. The van der Waals surface area contributed by atoms with Crippen molar-refractivity contribution in [2.75, 3.05) is 36.5 Å². The molecule has 4 aromatic rings. The number of pyridine rings is 1.